The third kappa shape index (κ3) is 4.41. The first kappa shape index (κ1) is 18.6. The summed E-state index contributed by atoms with van der Waals surface area (Å²) >= 11 is 9.32. The fourth-order valence-corrected chi connectivity index (χ4v) is 2.70. The van der Waals surface area contributed by atoms with Gasteiger partial charge in [0, 0.05) is 11.0 Å². The van der Waals surface area contributed by atoms with Crippen LogP contribution in [0.25, 0.3) is 0 Å². The number of ether oxygens (including phenoxy) is 2. The Morgan fingerprint density at radius 1 is 1.21 bits per heavy atom. The van der Waals surface area contributed by atoms with E-state index in [9.17, 15) is 9.90 Å². The molecule has 5 nitrogen and oxygen atoms in total. The van der Waals surface area contributed by atoms with Crippen molar-refractivity contribution in [1.82, 2.24) is 5.32 Å². The minimum absolute atomic E-state index is 0.0388. The summed E-state index contributed by atoms with van der Waals surface area (Å²) in [5.41, 5.74) is 0.943. The van der Waals surface area contributed by atoms with Gasteiger partial charge in [-0.05, 0) is 35.9 Å². The maximum Gasteiger partial charge on any atom is 0.252 e. The van der Waals surface area contributed by atoms with Gasteiger partial charge in [0.2, 0.25) is 0 Å². The van der Waals surface area contributed by atoms with Crippen molar-refractivity contribution in [3.05, 3.63) is 57.0 Å². The van der Waals surface area contributed by atoms with Gasteiger partial charge in [0.25, 0.3) is 5.91 Å². The van der Waals surface area contributed by atoms with Crippen LogP contribution in [0.3, 0.4) is 0 Å². The first-order valence-corrected chi connectivity index (χ1v) is 8.26. The molecule has 0 aliphatic heterocycles. The normalized spacial score (nSPS) is 11.7. The van der Waals surface area contributed by atoms with Crippen LogP contribution in [-0.2, 0) is 0 Å². The Balaban J connectivity index is 2.06. The molecule has 0 bridgehead atoms. The summed E-state index contributed by atoms with van der Waals surface area (Å²) in [5.74, 6) is 0.717. The molecule has 1 unspecified atom stereocenters. The predicted molar refractivity (Wildman–Crippen MR) is 96.0 cm³/mol. The standard InChI is InChI=1S/C17H17BrClNO4/c1-23-15-6-3-10(7-16(15)24-2)14(21)9-20-17(22)12-8-11(18)4-5-13(12)19/h3-8,14,21H,9H2,1-2H3,(H,20,22). The third-order valence-corrected chi connectivity index (χ3v) is 4.24. The number of methoxy groups -OCH3 is 2. The molecule has 0 aliphatic carbocycles. The summed E-state index contributed by atoms with van der Waals surface area (Å²) in [4.78, 5) is 12.2. The lowest BCUT2D eigenvalue weighted by atomic mass is 10.1. The number of hydrogen-bond acceptors (Lipinski definition) is 4. The van der Waals surface area contributed by atoms with Crippen LogP contribution in [0.2, 0.25) is 5.02 Å². The lowest BCUT2D eigenvalue weighted by molar-refractivity contribution is 0.0916. The van der Waals surface area contributed by atoms with Crippen molar-refractivity contribution in [3.63, 3.8) is 0 Å². The SMILES string of the molecule is COc1ccc(C(O)CNC(=O)c2cc(Br)ccc2Cl)cc1OC. The van der Waals surface area contributed by atoms with Crippen molar-refractivity contribution in [2.24, 2.45) is 0 Å². The fraction of sp³-hybridized carbons (Fsp3) is 0.235. The number of benzene rings is 2. The van der Waals surface area contributed by atoms with E-state index in [4.69, 9.17) is 21.1 Å². The Kier molecular flexibility index (Phi) is 6.48. The van der Waals surface area contributed by atoms with Crippen LogP contribution in [-0.4, -0.2) is 31.8 Å². The maximum absolute atomic E-state index is 12.2. The lowest BCUT2D eigenvalue weighted by Gasteiger charge is -2.15. The van der Waals surface area contributed by atoms with Gasteiger partial charge in [0.1, 0.15) is 0 Å². The van der Waals surface area contributed by atoms with E-state index < -0.39 is 6.10 Å². The number of hydrogen-bond donors (Lipinski definition) is 2. The lowest BCUT2D eigenvalue weighted by Crippen LogP contribution is -2.28. The zero-order valence-electron chi connectivity index (χ0n) is 13.2. The smallest absolute Gasteiger partial charge is 0.252 e. The molecule has 0 heterocycles. The van der Waals surface area contributed by atoms with E-state index in [1.54, 1.807) is 36.4 Å². The van der Waals surface area contributed by atoms with Crippen molar-refractivity contribution < 1.29 is 19.4 Å². The summed E-state index contributed by atoms with van der Waals surface area (Å²) in [6, 6.07) is 10.1. The van der Waals surface area contributed by atoms with E-state index >= 15 is 0 Å². The highest BCUT2D eigenvalue weighted by molar-refractivity contribution is 9.10. The molecule has 0 fully saturated rings. The molecule has 1 atom stereocenters. The molecule has 0 aliphatic rings. The average Bonchev–Trinajstić information content (AvgIpc) is 2.60. The molecule has 128 valence electrons. The number of carbonyl (C=O) groups is 1. The molecule has 24 heavy (non-hydrogen) atoms. The van der Waals surface area contributed by atoms with Gasteiger partial charge >= 0.3 is 0 Å². The average molecular weight is 415 g/mol. The number of aliphatic hydroxyl groups is 1. The van der Waals surface area contributed by atoms with Gasteiger partial charge < -0.3 is 19.9 Å². The van der Waals surface area contributed by atoms with E-state index in [0.29, 0.717) is 27.6 Å². The van der Waals surface area contributed by atoms with Gasteiger partial charge in [-0.1, -0.05) is 33.6 Å². The second-order valence-electron chi connectivity index (χ2n) is 4.96. The molecule has 2 aromatic carbocycles. The van der Waals surface area contributed by atoms with E-state index in [1.807, 2.05) is 0 Å². The third-order valence-electron chi connectivity index (χ3n) is 3.42. The summed E-state index contributed by atoms with van der Waals surface area (Å²) in [5, 5.41) is 13.3. The van der Waals surface area contributed by atoms with Crippen LogP contribution in [0.15, 0.2) is 40.9 Å². The molecule has 1 amide bonds. The molecule has 2 N–H and O–H groups in total. The van der Waals surface area contributed by atoms with E-state index in [1.165, 1.54) is 14.2 Å². The molecule has 2 rings (SSSR count). The van der Waals surface area contributed by atoms with Gasteiger partial charge in [-0.2, -0.15) is 0 Å². The van der Waals surface area contributed by atoms with Gasteiger partial charge in [0.05, 0.1) is 30.9 Å². The van der Waals surface area contributed by atoms with Crippen molar-refractivity contribution in [1.29, 1.82) is 0 Å². The van der Waals surface area contributed by atoms with Crippen LogP contribution in [0.4, 0.5) is 0 Å². The Morgan fingerprint density at radius 3 is 2.58 bits per heavy atom. The van der Waals surface area contributed by atoms with Crippen LogP contribution in [0.1, 0.15) is 22.0 Å². The number of halogens is 2. The minimum atomic E-state index is -0.889. The molecule has 2 aromatic rings. The highest BCUT2D eigenvalue weighted by Crippen LogP contribution is 2.30. The van der Waals surface area contributed by atoms with Crippen LogP contribution in [0, 0.1) is 0 Å². The Labute approximate surface area is 153 Å². The van der Waals surface area contributed by atoms with Gasteiger partial charge in [-0.25, -0.2) is 0 Å². The molecular formula is C17H17BrClNO4. The van der Waals surface area contributed by atoms with Gasteiger partial charge in [-0.3, -0.25) is 4.79 Å². The van der Waals surface area contributed by atoms with Crippen molar-refractivity contribution in [2.75, 3.05) is 20.8 Å². The second kappa shape index (κ2) is 8.37. The van der Waals surface area contributed by atoms with Gasteiger partial charge in [-0.15, -0.1) is 0 Å². The van der Waals surface area contributed by atoms with Crippen molar-refractivity contribution in [2.45, 2.75) is 6.10 Å². The summed E-state index contributed by atoms with van der Waals surface area (Å²) in [6.45, 7) is 0.0388. The Bertz CT molecular complexity index is 739. The Hall–Kier alpha value is -1.76. The minimum Gasteiger partial charge on any atom is -0.493 e. The van der Waals surface area contributed by atoms with Crippen LogP contribution in [0.5, 0.6) is 11.5 Å². The van der Waals surface area contributed by atoms with Gasteiger partial charge in [0.15, 0.2) is 11.5 Å². The molecule has 0 spiro atoms. The quantitative estimate of drug-likeness (QED) is 0.758. The summed E-state index contributed by atoms with van der Waals surface area (Å²) in [7, 11) is 3.06. The largest absolute Gasteiger partial charge is 0.493 e. The zero-order valence-corrected chi connectivity index (χ0v) is 15.5. The molecule has 0 saturated heterocycles. The van der Waals surface area contributed by atoms with Crippen molar-refractivity contribution >= 4 is 33.4 Å². The van der Waals surface area contributed by atoms with Crippen LogP contribution < -0.4 is 14.8 Å². The monoisotopic (exact) mass is 413 g/mol. The molecule has 0 radical (unpaired) electrons. The first-order valence-electron chi connectivity index (χ1n) is 7.09. The number of amides is 1. The molecule has 0 saturated carbocycles. The Morgan fingerprint density at radius 2 is 1.92 bits per heavy atom. The fourth-order valence-electron chi connectivity index (χ4n) is 2.13. The predicted octanol–water partition coefficient (Wildman–Crippen LogP) is 3.58. The number of nitrogens with one attached hydrogen (secondary N) is 1. The number of rotatable bonds is 6. The van der Waals surface area contributed by atoms with Crippen molar-refractivity contribution in [3.8, 4) is 11.5 Å². The summed E-state index contributed by atoms with van der Waals surface area (Å²) < 4.78 is 11.1. The second-order valence-corrected chi connectivity index (χ2v) is 6.29. The van der Waals surface area contributed by atoms with E-state index in [2.05, 4.69) is 21.2 Å². The van der Waals surface area contributed by atoms with E-state index in [0.717, 1.165) is 4.47 Å². The molecular weight excluding hydrogens is 398 g/mol. The molecule has 0 aromatic heterocycles. The zero-order chi connectivity index (χ0) is 17.7. The topological polar surface area (TPSA) is 67.8 Å². The summed E-state index contributed by atoms with van der Waals surface area (Å²) in [6.07, 6.45) is -0.889. The maximum atomic E-state index is 12.2. The number of carbonyl (C=O) groups excluding carboxylic acids is 1. The number of aliphatic hydroxyl groups excluding tert-OH is 1. The van der Waals surface area contributed by atoms with E-state index in [-0.39, 0.29) is 12.5 Å². The highest BCUT2D eigenvalue weighted by atomic mass is 79.9. The van der Waals surface area contributed by atoms with Crippen LogP contribution >= 0.6 is 27.5 Å². The highest BCUT2D eigenvalue weighted by Gasteiger charge is 2.15. The first-order chi connectivity index (χ1) is 11.5. The molecule has 7 heteroatoms.